The first-order valence-corrected chi connectivity index (χ1v) is 3.88. The van der Waals surface area contributed by atoms with Gasteiger partial charge in [0.05, 0.1) is 5.57 Å². The predicted octanol–water partition coefficient (Wildman–Crippen LogP) is 1.52. The third kappa shape index (κ3) is 2.71. The summed E-state index contributed by atoms with van der Waals surface area (Å²) in [6, 6.07) is 6.39. The zero-order valence-corrected chi connectivity index (χ0v) is 11.0. The van der Waals surface area contributed by atoms with Gasteiger partial charge in [-0.2, -0.15) is 29.3 Å². The van der Waals surface area contributed by atoms with Crippen molar-refractivity contribution in [3.05, 3.63) is 34.9 Å². The molecule has 1 aromatic carbocycles. The molecule has 0 saturated heterocycles. The molecule has 69 valence electrons. The van der Waals surface area contributed by atoms with Gasteiger partial charge in [0.2, 0.25) is 0 Å². The first kappa shape index (κ1) is 13.4. The maximum absolute atomic E-state index is 10.5. The summed E-state index contributed by atoms with van der Waals surface area (Å²) >= 11 is 0. The minimum atomic E-state index is 0. The van der Waals surface area contributed by atoms with E-state index in [-0.39, 0.29) is 38.3 Å². The average molecular weight is 262 g/mol. The maximum atomic E-state index is 10.5. The Bertz CT molecular complexity index is 370. The number of benzene rings is 1. The van der Waals surface area contributed by atoms with Gasteiger partial charge in [0.25, 0.3) is 0 Å². The molecule has 0 saturated carbocycles. The van der Waals surface area contributed by atoms with Crippen LogP contribution in [0.2, 0.25) is 0 Å². The maximum Gasteiger partial charge on any atom is 0.159 e. The normalized spacial score (nSPS) is 8.43. The van der Waals surface area contributed by atoms with Gasteiger partial charge in [-0.1, -0.05) is 13.8 Å². The molecule has 1 rings (SSSR count). The molecule has 0 amide bonds. The van der Waals surface area contributed by atoms with Gasteiger partial charge in [0.1, 0.15) is 5.94 Å². The van der Waals surface area contributed by atoms with Crippen LogP contribution in [0.1, 0.15) is 16.7 Å². The molecule has 1 aromatic rings. The van der Waals surface area contributed by atoms with E-state index < -0.39 is 0 Å². The van der Waals surface area contributed by atoms with E-state index in [1.165, 1.54) is 0 Å². The van der Waals surface area contributed by atoms with E-state index in [4.69, 9.17) is 0 Å². The Kier molecular flexibility index (Phi) is 5.79. The fourth-order valence-corrected chi connectivity index (χ4v) is 1.31. The predicted molar refractivity (Wildman–Crippen MR) is 49.9 cm³/mol. The van der Waals surface area contributed by atoms with Crippen LogP contribution in [-0.2, 0) is 42.3 Å². The monoisotopic (exact) mass is 262 g/mol. The van der Waals surface area contributed by atoms with E-state index in [9.17, 15) is 9.59 Å². The minimum absolute atomic E-state index is 0. The van der Waals surface area contributed by atoms with Gasteiger partial charge in [-0.05, 0) is 0 Å². The molecule has 14 heavy (non-hydrogen) atoms. The molecule has 1 radical (unpaired) electrons. The molecule has 0 aliphatic rings. The molecule has 0 N–H and O–H groups in total. The summed E-state index contributed by atoms with van der Waals surface area (Å²) in [7, 11) is 0. The third-order valence-corrected chi connectivity index (χ3v) is 1.89. The molecule has 3 heteroatoms. The Morgan fingerprint density at radius 2 is 1.86 bits per heavy atom. The number of aldehydes is 1. The van der Waals surface area contributed by atoms with Crippen molar-refractivity contribution in [3.63, 3.8) is 0 Å². The molecule has 0 atom stereocenters. The van der Waals surface area contributed by atoms with E-state index in [0.29, 0.717) is 11.8 Å². The Morgan fingerprint density at radius 1 is 1.36 bits per heavy atom. The van der Waals surface area contributed by atoms with Crippen molar-refractivity contribution < 1.29 is 42.3 Å². The van der Waals surface area contributed by atoms with Crippen LogP contribution >= 0.6 is 0 Å². The van der Waals surface area contributed by atoms with Crippen LogP contribution < -0.4 is 0 Å². The van der Waals surface area contributed by atoms with Crippen LogP contribution in [-0.4, -0.2) is 12.2 Å². The van der Waals surface area contributed by atoms with Gasteiger partial charge in [-0.25, -0.2) is 4.79 Å². The van der Waals surface area contributed by atoms with Crippen molar-refractivity contribution in [3.8, 4) is 0 Å². The van der Waals surface area contributed by atoms with Crippen molar-refractivity contribution in [2.24, 2.45) is 0 Å². The summed E-state index contributed by atoms with van der Waals surface area (Å²) in [5.41, 5.74) is 2.48. The summed E-state index contributed by atoms with van der Waals surface area (Å²) in [5, 5.41) is 0. The molecule has 0 spiro atoms. The quantitative estimate of drug-likeness (QED) is 0.350. The van der Waals surface area contributed by atoms with Gasteiger partial charge in [-0.15, -0.1) is 5.56 Å². The van der Waals surface area contributed by atoms with Crippen molar-refractivity contribution in [2.45, 2.75) is 13.8 Å². The molecule has 0 aromatic heterocycles. The SMILES string of the molecule is Cc1c[c-]cc(C)c1C(=C=O)C=O.[Y]. The number of hydrogen-bond donors (Lipinski definition) is 0. The fourth-order valence-electron chi connectivity index (χ4n) is 1.31. The second kappa shape index (κ2) is 6.03. The number of carbonyl (C=O) groups is 1. The third-order valence-electron chi connectivity index (χ3n) is 1.89. The largest absolute Gasteiger partial charge is 0.297 e. The average Bonchev–Trinajstić information content (AvgIpc) is 2.11. The van der Waals surface area contributed by atoms with Crippen LogP contribution in [0.15, 0.2) is 12.1 Å². The van der Waals surface area contributed by atoms with Crippen LogP contribution in [0.25, 0.3) is 5.57 Å². The molecule has 0 aliphatic heterocycles. The zero-order chi connectivity index (χ0) is 9.84. The van der Waals surface area contributed by atoms with E-state index >= 15 is 0 Å². The Labute approximate surface area is 108 Å². The van der Waals surface area contributed by atoms with Gasteiger partial charge < -0.3 is 0 Å². The van der Waals surface area contributed by atoms with Crippen molar-refractivity contribution in [1.29, 1.82) is 0 Å². The molecular weight excluding hydrogens is 253 g/mol. The number of hydrogen-bond acceptors (Lipinski definition) is 2. The molecular formula is C11H9O2Y-. The molecule has 0 aliphatic carbocycles. The van der Waals surface area contributed by atoms with Crippen molar-refractivity contribution in [2.75, 3.05) is 0 Å². The first-order chi connectivity index (χ1) is 6.20. The molecule has 0 fully saturated rings. The summed E-state index contributed by atoms with van der Waals surface area (Å²) < 4.78 is 0. The summed E-state index contributed by atoms with van der Waals surface area (Å²) in [6.45, 7) is 3.67. The zero-order valence-electron chi connectivity index (χ0n) is 8.13. The number of rotatable bonds is 2. The Morgan fingerprint density at radius 3 is 2.21 bits per heavy atom. The fraction of sp³-hybridized carbons (Fsp3) is 0.182. The molecule has 0 bridgehead atoms. The summed E-state index contributed by atoms with van der Waals surface area (Å²) in [4.78, 5) is 21.0. The van der Waals surface area contributed by atoms with Gasteiger partial charge in [0, 0.05) is 32.7 Å². The standard InChI is InChI=1S/C11H9O2.Y/c1-8-4-3-5-9(2)11(8)10(6-12)7-13;/h4-6H,1-2H3;/q-1;. The van der Waals surface area contributed by atoms with Crippen molar-refractivity contribution >= 4 is 17.8 Å². The molecule has 0 heterocycles. The first-order valence-electron chi connectivity index (χ1n) is 3.88. The van der Waals surface area contributed by atoms with E-state index in [1.807, 2.05) is 13.8 Å². The number of allylic oxidation sites excluding steroid dienone is 1. The summed E-state index contributed by atoms with van der Waals surface area (Å²) in [5.74, 6) is 1.63. The van der Waals surface area contributed by atoms with E-state index in [2.05, 4.69) is 6.07 Å². The topological polar surface area (TPSA) is 34.1 Å². The second-order valence-electron chi connectivity index (χ2n) is 2.83. The number of carbonyl (C=O) groups excluding carboxylic acids is 2. The van der Waals surface area contributed by atoms with Crippen LogP contribution in [0.4, 0.5) is 0 Å². The Hall–Kier alpha value is -0.556. The smallest absolute Gasteiger partial charge is 0.159 e. The van der Waals surface area contributed by atoms with Gasteiger partial charge in [-0.3, -0.25) is 4.79 Å². The van der Waals surface area contributed by atoms with E-state index in [0.717, 1.165) is 11.1 Å². The number of aryl methyl sites for hydroxylation is 2. The van der Waals surface area contributed by atoms with Crippen LogP contribution in [0.3, 0.4) is 0 Å². The van der Waals surface area contributed by atoms with E-state index in [1.54, 1.807) is 18.1 Å². The van der Waals surface area contributed by atoms with Crippen LogP contribution in [0.5, 0.6) is 0 Å². The van der Waals surface area contributed by atoms with Gasteiger partial charge in [0.15, 0.2) is 6.29 Å². The second-order valence-corrected chi connectivity index (χ2v) is 2.83. The summed E-state index contributed by atoms with van der Waals surface area (Å²) in [6.07, 6.45) is 0.530. The Balaban J connectivity index is 0.00000169. The van der Waals surface area contributed by atoms with Crippen LogP contribution in [0, 0.1) is 19.9 Å². The minimum Gasteiger partial charge on any atom is -0.297 e. The van der Waals surface area contributed by atoms with Gasteiger partial charge >= 0.3 is 0 Å². The molecule has 2 nitrogen and oxygen atoms in total. The molecule has 0 unspecified atom stereocenters. The van der Waals surface area contributed by atoms with Crippen molar-refractivity contribution in [1.82, 2.24) is 0 Å².